The van der Waals surface area contributed by atoms with Crippen LogP contribution in [0.2, 0.25) is 0 Å². The van der Waals surface area contributed by atoms with Gasteiger partial charge in [-0.3, -0.25) is 9.59 Å². The minimum Gasteiger partial charge on any atom is -0.493 e. The van der Waals surface area contributed by atoms with E-state index in [0.29, 0.717) is 42.0 Å². The monoisotopic (exact) mass is 496 g/mol. The lowest BCUT2D eigenvalue weighted by molar-refractivity contribution is -0.135. The van der Waals surface area contributed by atoms with Crippen LogP contribution in [0.5, 0.6) is 11.5 Å². The molecule has 0 bridgehead atoms. The molecule has 8 heteroatoms. The summed E-state index contributed by atoms with van der Waals surface area (Å²) >= 11 is 3.15. The second-order valence-electron chi connectivity index (χ2n) is 8.72. The number of carbonyl (C=O) groups excluding carboxylic acids is 2. The van der Waals surface area contributed by atoms with E-state index in [2.05, 4.69) is 11.4 Å². The third-order valence-electron chi connectivity index (χ3n) is 6.40. The van der Waals surface area contributed by atoms with E-state index in [-0.39, 0.29) is 24.4 Å². The first-order valence-corrected chi connectivity index (χ1v) is 13.3. The Kier molecular flexibility index (Phi) is 6.87. The first-order chi connectivity index (χ1) is 16.6. The number of ether oxygens (including phenoxy) is 2. The van der Waals surface area contributed by atoms with E-state index in [0.717, 1.165) is 24.8 Å². The summed E-state index contributed by atoms with van der Waals surface area (Å²) in [4.78, 5) is 32.4. The zero-order chi connectivity index (χ0) is 23.5. The van der Waals surface area contributed by atoms with Gasteiger partial charge in [0.2, 0.25) is 5.91 Å². The molecule has 5 rings (SSSR count). The molecule has 1 aliphatic heterocycles. The maximum atomic E-state index is 13.6. The fourth-order valence-corrected chi connectivity index (χ4v) is 6.04. The van der Waals surface area contributed by atoms with Gasteiger partial charge in [0.1, 0.15) is 13.2 Å². The summed E-state index contributed by atoms with van der Waals surface area (Å²) in [5.41, 5.74) is 1.14. The van der Waals surface area contributed by atoms with Crippen LogP contribution in [0.3, 0.4) is 0 Å². The Balaban J connectivity index is 1.34. The maximum absolute atomic E-state index is 13.6. The van der Waals surface area contributed by atoms with Crippen molar-refractivity contribution < 1.29 is 19.1 Å². The number of thiophene rings is 2. The summed E-state index contributed by atoms with van der Waals surface area (Å²) in [7, 11) is 1.62. The zero-order valence-corrected chi connectivity index (χ0v) is 20.8. The first-order valence-electron chi connectivity index (χ1n) is 11.6. The fourth-order valence-electron chi connectivity index (χ4n) is 4.42. The van der Waals surface area contributed by atoms with Crippen molar-refractivity contribution in [3.8, 4) is 11.5 Å². The van der Waals surface area contributed by atoms with E-state index in [1.807, 2.05) is 46.7 Å². The lowest BCUT2D eigenvalue weighted by Gasteiger charge is -2.37. The number of hydrogen-bond donors (Lipinski definition) is 0. The minimum atomic E-state index is -0.202. The van der Waals surface area contributed by atoms with E-state index >= 15 is 0 Å². The van der Waals surface area contributed by atoms with Gasteiger partial charge in [-0.2, -0.15) is 0 Å². The highest BCUT2D eigenvalue weighted by atomic mass is 32.1. The summed E-state index contributed by atoms with van der Waals surface area (Å²) in [5.74, 6) is 1.74. The quantitative estimate of drug-likeness (QED) is 0.424. The summed E-state index contributed by atoms with van der Waals surface area (Å²) in [6.07, 6.45) is 3.07. The molecule has 1 aliphatic carbocycles. The molecule has 0 unspecified atom stereocenters. The van der Waals surface area contributed by atoms with Gasteiger partial charge < -0.3 is 19.3 Å². The van der Waals surface area contributed by atoms with Crippen molar-refractivity contribution in [2.24, 2.45) is 5.92 Å². The lowest BCUT2D eigenvalue weighted by Crippen LogP contribution is -2.48. The summed E-state index contributed by atoms with van der Waals surface area (Å²) in [6.45, 7) is 1.69. The highest BCUT2D eigenvalue weighted by Crippen LogP contribution is 2.36. The number of hydrogen-bond acceptors (Lipinski definition) is 6. The molecule has 1 aromatic carbocycles. The van der Waals surface area contributed by atoms with E-state index < -0.39 is 0 Å². The number of rotatable bonds is 9. The van der Waals surface area contributed by atoms with Gasteiger partial charge in [-0.25, -0.2) is 0 Å². The van der Waals surface area contributed by atoms with Crippen LogP contribution in [-0.4, -0.2) is 55.0 Å². The van der Waals surface area contributed by atoms with Crippen LogP contribution in [0.15, 0.2) is 53.2 Å². The first kappa shape index (κ1) is 22.9. The molecule has 0 saturated heterocycles. The number of benzene rings is 1. The maximum Gasteiger partial charge on any atom is 0.264 e. The Morgan fingerprint density at radius 3 is 2.62 bits per heavy atom. The Labute approximate surface area is 207 Å². The molecule has 2 amide bonds. The van der Waals surface area contributed by atoms with Crippen LogP contribution in [0.1, 0.15) is 39.0 Å². The molecule has 2 aliphatic rings. The van der Waals surface area contributed by atoms with Crippen LogP contribution in [0, 0.1) is 5.92 Å². The second-order valence-corrected chi connectivity index (χ2v) is 10.7. The Hall–Kier alpha value is -2.84. The zero-order valence-electron chi connectivity index (χ0n) is 19.1. The van der Waals surface area contributed by atoms with E-state index in [1.54, 1.807) is 23.3 Å². The smallest absolute Gasteiger partial charge is 0.264 e. The average molecular weight is 497 g/mol. The van der Waals surface area contributed by atoms with Crippen LogP contribution in [0.25, 0.3) is 0 Å². The molecule has 178 valence electrons. The molecule has 2 aromatic heterocycles. The molecule has 1 fully saturated rings. The third-order valence-corrected chi connectivity index (χ3v) is 8.26. The van der Waals surface area contributed by atoms with Crippen molar-refractivity contribution in [2.75, 3.05) is 33.4 Å². The Bertz CT molecular complexity index is 1140. The van der Waals surface area contributed by atoms with Crippen LogP contribution < -0.4 is 9.47 Å². The SMILES string of the molecule is COc1ccccc1OC[C@@H]1c2ccsc2CCN1C(=O)CN(CC1CC1)C(=O)c1cccs1. The number of methoxy groups -OCH3 is 1. The predicted octanol–water partition coefficient (Wildman–Crippen LogP) is 4.88. The van der Waals surface area contributed by atoms with E-state index in [4.69, 9.17) is 9.47 Å². The van der Waals surface area contributed by atoms with Crippen LogP contribution in [0.4, 0.5) is 0 Å². The van der Waals surface area contributed by atoms with Gasteiger partial charge in [-0.05, 0) is 65.8 Å². The molecule has 6 nitrogen and oxygen atoms in total. The van der Waals surface area contributed by atoms with Crippen molar-refractivity contribution in [3.63, 3.8) is 0 Å². The molecule has 1 atom stereocenters. The molecular weight excluding hydrogens is 468 g/mol. The second kappa shape index (κ2) is 10.2. The molecule has 0 radical (unpaired) electrons. The number of carbonyl (C=O) groups is 2. The normalized spacial score (nSPS) is 17.2. The topological polar surface area (TPSA) is 59.1 Å². The van der Waals surface area contributed by atoms with Crippen molar-refractivity contribution in [1.29, 1.82) is 0 Å². The van der Waals surface area contributed by atoms with Gasteiger partial charge in [-0.15, -0.1) is 22.7 Å². The molecule has 1 saturated carbocycles. The van der Waals surface area contributed by atoms with Crippen LogP contribution in [-0.2, 0) is 11.2 Å². The molecule has 34 heavy (non-hydrogen) atoms. The molecule has 3 aromatic rings. The highest BCUT2D eigenvalue weighted by Gasteiger charge is 2.35. The van der Waals surface area contributed by atoms with Crippen molar-refractivity contribution >= 4 is 34.5 Å². The van der Waals surface area contributed by atoms with Gasteiger partial charge in [0.15, 0.2) is 11.5 Å². The summed E-state index contributed by atoms with van der Waals surface area (Å²) in [6, 6.07) is 13.1. The standard InChI is InChI=1S/C26H28N2O4S2/c1-31-21-5-2-3-6-22(21)32-17-20-19-11-14-34-23(19)10-12-28(20)25(29)16-27(15-18-8-9-18)26(30)24-7-4-13-33-24/h2-7,11,13-14,18,20H,8-10,12,15-17H2,1H3/t20-/m1/s1. The van der Waals surface area contributed by atoms with Crippen molar-refractivity contribution in [3.05, 3.63) is 68.5 Å². The van der Waals surface area contributed by atoms with Gasteiger partial charge in [0, 0.05) is 18.0 Å². The molecule has 3 heterocycles. The largest absolute Gasteiger partial charge is 0.493 e. The van der Waals surface area contributed by atoms with Gasteiger partial charge in [0.05, 0.1) is 18.0 Å². The van der Waals surface area contributed by atoms with E-state index in [1.165, 1.54) is 16.2 Å². The van der Waals surface area contributed by atoms with Crippen molar-refractivity contribution in [2.45, 2.75) is 25.3 Å². The van der Waals surface area contributed by atoms with Crippen molar-refractivity contribution in [1.82, 2.24) is 9.80 Å². The number of nitrogens with zero attached hydrogens (tertiary/aromatic N) is 2. The fraction of sp³-hybridized carbons (Fsp3) is 0.385. The Morgan fingerprint density at radius 1 is 1.06 bits per heavy atom. The molecule has 0 spiro atoms. The summed E-state index contributed by atoms with van der Waals surface area (Å²) < 4.78 is 11.6. The number of amides is 2. The average Bonchev–Trinajstić information content (AvgIpc) is 3.30. The number of fused-ring (bicyclic) bond motifs is 1. The van der Waals surface area contributed by atoms with Gasteiger partial charge in [0.25, 0.3) is 5.91 Å². The lowest BCUT2D eigenvalue weighted by atomic mass is 10.0. The Morgan fingerprint density at radius 2 is 1.88 bits per heavy atom. The van der Waals surface area contributed by atoms with Gasteiger partial charge >= 0.3 is 0 Å². The number of para-hydroxylation sites is 2. The summed E-state index contributed by atoms with van der Waals surface area (Å²) in [5, 5.41) is 3.98. The molecule has 0 N–H and O–H groups in total. The predicted molar refractivity (Wildman–Crippen MR) is 134 cm³/mol. The van der Waals surface area contributed by atoms with Crippen LogP contribution >= 0.6 is 22.7 Å². The molecular formula is C26H28N2O4S2. The highest BCUT2D eigenvalue weighted by molar-refractivity contribution is 7.12. The van der Waals surface area contributed by atoms with Gasteiger partial charge in [-0.1, -0.05) is 18.2 Å². The van der Waals surface area contributed by atoms with E-state index in [9.17, 15) is 9.59 Å². The minimum absolute atomic E-state index is 0.0315. The third kappa shape index (κ3) is 4.98.